The van der Waals surface area contributed by atoms with Gasteiger partial charge in [-0.15, -0.1) is 0 Å². The number of hydrogen-bond donors (Lipinski definition) is 1. The van der Waals surface area contributed by atoms with Gasteiger partial charge in [-0.2, -0.15) is 0 Å². The van der Waals surface area contributed by atoms with Crippen LogP contribution in [0.5, 0.6) is 0 Å². The number of carbonyl (C=O) groups excluding carboxylic acids is 1. The standard InChI is InChI=1S/C26H52O4/c1-3-5-7-9-11-13-15-17-19-21-26(28)30-25(23-27)24-29-22-20-18-16-14-12-10-8-6-4-2/h25,27H,3-24H2,1-2H3. The first-order valence-electron chi connectivity index (χ1n) is 13.1. The minimum atomic E-state index is -0.519. The third kappa shape index (κ3) is 22.1. The molecule has 4 nitrogen and oxygen atoms in total. The van der Waals surface area contributed by atoms with Crippen molar-refractivity contribution in [2.45, 2.75) is 142 Å². The van der Waals surface area contributed by atoms with E-state index >= 15 is 0 Å². The van der Waals surface area contributed by atoms with Crippen LogP contribution in [0.4, 0.5) is 0 Å². The van der Waals surface area contributed by atoms with Crippen molar-refractivity contribution in [3.63, 3.8) is 0 Å². The van der Waals surface area contributed by atoms with Crippen LogP contribution in [0.25, 0.3) is 0 Å². The Morgan fingerprint density at radius 3 is 1.57 bits per heavy atom. The van der Waals surface area contributed by atoms with Crippen LogP contribution >= 0.6 is 0 Å². The molecule has 1 unspecified atom stereocenters. The minimum absolute atomic E-state index is 0.165. The Hall–Kier alpha value is -0.610. The monoisotopic (exact) mass is 428 g/mol. The van der Waals surface area contributed by atoms with Crippen LogP contribution in [0.3, 0.4) is 0 Å². The fourth-order valence-electron chi connectivity index (χ4n) is 3.68. The molecule has 1 atom stereocenters. The smallest absolute Gasteiger partial charge is 0.306 e. The van der Waals surface area contributed by atoms with Gasteiger partial charge in [0, 0.05) is 13.0 Å². The van der Waals surface area contributed by atoms with Gasteiger partial charge in [-0.25, -0.2) is 0 Å². The average Bonchev–Trinajstić information content (AvgIpc) is 2.75. The van der Waals surface area contributed by atoms with Crippen molar-refractivity contribution >= 4 is 5.97 Å². The highest BCUT2D eigenvalue weighted by atomic mass is 16.6. The van der Waals surface area contributed by atoms with Crippen molar-refractivity contribution < 1.29 is 19.4 Å². The zero-order valence-corrected chi connectivity index (χ0v) is 20.3. The summed E-state index contributed by atoms with van der Waals surface area (Å²) in [6.45, 7) is 5.31. The van der Waals surface area contributed by atoms with Gasteiger partial charge >= 0.3 is 5.97 Å². The molecule has 1 N–H and O–H groups in total. The lowest BCUT2D eigenvalue weighted by Gasteiger charge is -2.16. The normalized spacial score (nSPS) is 12.2. The fourth-order valence-corrected chi connectivity index (χ4v) is 3.68. The van der Waals surface area contributed by atoms with E-state index in [1.807, 2.05) is 0 Å². The molecule has 30 heavy (non-hydrogen) atoms. The number of rotatable bonds is 24. The number of esters is 1. The largest absolute Gasteiger partial charge is 0.457 e. The molecule has 0 radical (unpaired) electrons. The molecule has 0 aliphatic rings. The molecule has 0 fully saturated rings. The zero-order valence-electron chi connectivity index (χ0n) is 20.3. The highest BCUT2D eigenvalue weighted by Gasteiger charge is 2.13. The third-order valence-electron chi connectivity index (χ3n) is 5.68. The van der Waals surface area contributed by atoms with Gasteiger partial charge in [-0.05, 0) is 12.8 Å². The summed E-state index contributed by atoms with van der Waals surface area (Å²) in [5, 5.41) is 9.41. The van der Waals surface area contributed by atoms with Crippen LogP contribution < -0.4 is 0 Å². The summed E-state index contributed by atoms with van der Waals surface area (Å²) in [6, 6.07) is 0. The molecular formula is C26H52O4. The summed E-state index contributed by atoms with van der Waals surface area (Å²) in [5.74, 6) is -0.205. The highest BCUT2D eigenvalue weighted by Crippen LogP contribution is 2.12. The van der Waals surface area contributed by atoms with Crippen LogP contribution in [0, 0.1) is 0 Å². The van der Waals surface area contributed by atoms with E-state index in [2.05, 4.69) is 13.8 Å². The molecule has 0 heterocycles. The Morgan fingerprint density at radius 2 is 1.10 bits per heavy atom. The minimum Gasteiger partial charge on any atom is -0.457 e. The number of ether oxygens (including phenoxy) is 2. The second-order valence-corrected chi connectivity index (χ2v) is 8.78. The van der Waals surface area contributed by atoms with E-state index < -0.39 is 6.10 Å². The van der Waals surface area contributed by atoms with E-state index in [-0.39, 0.29) is 12.6 Å². The van der Waals surface area contributed by atoms with Crippen LogP contribution in [0.2, 0.25) is 0 Å². The summed E-state index contributed by atoms with van der Waals surface area (Å²) in [6.07, 6.45) is 22.6. The molecule has 0 aliphatic carbocycles. The van der Waals surface area contributed by atoms with Crippen molar-refractivity contribution in [1.82, 2.24) is 0 Å². The van der Waals surface area contributed by atoms with Crippen molar-refractivity contribution in [2.24, 2.45) is 0 Å². The summed E-state index contributed by atoms with van der Waals surface area (Å²) >= 11 is 0. The zero-order chi connectivity index (χ0) is 22.1. The number of unbranched alkanes of at least 4 members (excludes halogenated alkanes) is 16. The van der Waals surface area contributed by atoms with Gasteiger partial charge in [0.05, 0.1) is 13.2 Å². The summed E-state index contributed by atoms with van der Waals surface area (Å²) in [4.78, 5) is 11.9. The molecule has 0 aromatic heterocycles. The molecule has 0 rings (SSSR count). The molecule has 0 aliphatic heterocycles. The van der Waals surface area contributed by atoms with E-state index in [4.69, 9.17) is 9.47 Å². The summed E-state index contributed by atoms with van der Waals surface area (Å²) in [5.41, 5.74) is 0. The maximum Gasteiger partial charge on any atom is 0.306 e. The number of aliphatic hydroxyl groups is 1. The molecule has 0 saturated carbocycles. The van der Waals surface area contributed by atoms with Crippen molar-refractivity contribution in [2.75, 3.05) is 19.8 Å². The van der Waals surface area contributed by atoms with Crippen molar-refractivity contribution in [3.8, 4) is 0 Å². The van der Waals surface area contributed by atoms with Gasteiger partial charge < -0.3 is 14.6 Å². The molecule has 0 aromatic carbocycles. The first-order valence-corrected chi connectivity index (χ1v) is 13.1. The molecule has 4 heteroatoms. The first-order chi connectivity index (χ1) is 14.7. The number of aliphatic hydroxyl groups excluding tert-OH is 1. The predicted octanol–water partition coefficient (Wildman–Crippen LogP) is 7.36. The lowest BCUT2D eigenvalue weighted by molar-refractivity contribution is -0.154. The van der Waals surface area contributed by atoms with Crippen LogP contribution in [-0.4, -0.2) is 37.0 Å². The second kappa shape index (κ2) is 24.7. The Bertz CT molecular complexity index is 346. The van der Waals surface area contributed by atoms with Gasteiger partial charge in [0.15, 0.2) is 0 Å². The van der Waals surface area contributed by atoms with Gasteiger partial charge in [-0.1, -0.05) is 117 Å². The Kier molecular flexibility index (Phi) is 24.2. The molecule has 180 valence electrons. The maximum absolute atomic E-state index is 11.9. The molecule has 0 spiro atoms. The number of hydrogen-bond acceptors (Lipinski definition) is 4. The molecule has 0 bridgehead atoms. The topological polar surface area (TPSA) is 55.8 Å². The Morgan fingerprint density at radius 1 is 0.667 bits per heavy atom. The predicted molar refractivity (Wildman–Crippen MR) is 127 cm³/mol. The lowest BCUT2D eigenvalue weighted by Crippen LogP contribution is -2.27. The van der Waals surface area contributed by atoms with Gasteiger partial charge in [0.25, 0.3) is 0 Å². The fraction of sp³-hybridized carbons (Fsp3) is 0.962. The third-order valence-corrected chi connectivity index (χ3v) is 5.68. The average molecular weight is 429 g/mol. The second-order valence-electron chi connectivity index (χ2n) is 8.78. The van der Waals surface area contributed by atoms with E-state index in [9.17, 15) is 9.90 Å². The molecule has 0 saturated heterocycles. The maximum atomic E-state index is 11.9. The van der Waals surface area contributed by atoms with Gasteiger partial charge in [0.1, 0.15) is 6.10 Å². The quantitative estimate of drug-likeness (QED) is 0.129. The summed E-state index contributed by atoms with van der Waals surface area (Å²) in [7, 11) is 0. The van der Waals surface area contributed by atoms with Crippen LogP contribution in [0.1, 0.15) is 136 Å². The van der Waals surface area contributed by atoms with Crippen molar-refractivity contribution in [1.29, 1.82) is 0 Å². The molecule has 0 aromatic rings. The molecule has 0 amide bonds. The number of carbonyl (C=O) groups is 1. The van der Waals surface area contributed by atoms with Crippen LogP contribution in [0.15, 0.2) is 0 Å². The van der Waals surface area contributed by atoms with E-state index in [0.29, 0.717) is 19.6 Å². The molecular weight excluding hydrogens is 376 g/mol. The SMILES string of the molecule is CCCCCCCCCCCOCC(CO)OC(=O)CCCCCCCCCCC. The van der Waals surface area contributed by atoms with Gasteiger partial charge in [0.2, 0.25) is 0 Å². The van der Waals surface area contributed by atoms with E-state index in [0.717, 1.165) is 19.3 Å². The Balaban J connectivity index is 3.45. The first kappa shape index (κ1) is 29.4. The Labute approximate surface area is 187 Å². The lowest BCUT2D eigenvalue weighted by atomic mass is 10.1. The van der Waals surface area contributed by atoms with E-state index in [1.54, 1.807) is 0 Å². The van der Waals surface area contributed by atoms with E-state index in [1.165, 1.54) is 96.3 Å². The van der Waals surface area contributed by atoms with Crippen molar-refractivity contribution in [3.05, 3.63) is 0 Å². The highest BCUT2D eigenvalue weighted by molar-refractivity contribution is 5.69. The van der Waals surface area contributed by atoms with Gasteiger partial charge in [-0.3, -0.25) is 4.79 Å². The van der Waals surface area contributed by atoms with Crippen LogP contribution in [-0.2, 0) is 14.3 Å². The summed E-state index contributed by atoms with van der Waals surface area (Å²) < 4.78 is 11.0.